The molecule has 5 N–H and O–H groups in total. The van der Waals surface area contributed by atoms with Crippen LogP contribution in [0.5, 0.6) is 0 Å². The number of aliphatic hydroxyl groups is 1. The number of halogens is 3. The van der Waals surface area contributed by atoms with E-state index < -0.39 is 35.8 Å². The molecule has 1 aliphatic rings. The lowest BCUT2D eigenvalue weighted by Crippen LogP contribution is -2.54. The number of rotatable bonds is 6. The second-order valence-electron chi connectivity index (χ2n) is 6.96. The van der Waals surface area contributed by atoms with Crippen molar-refractivity contribution in [2.75, 3.05) is 26.3 Å². The maximum Gasteiger partial charge on any atom is 0.473 e. The normalized spacial score (nSPS) is 17.8. The number of amides is 3. The monoisotopic (exact) mass is 469 g/mol. The quantitative estimate of drug-likeness (QED) is 0.210. The van der Waals surface area contributed by atoms with Gasteiger partial charge in [-0.1, -0.05) is 12.1 Å². The SMILES string of the molecule is C/C(O)=C(/C=N)C(=O)N1CCOCC1CNC(=O)c1ccc(C(N)=NC(=O)C(F)(F)F)cc1. The first-order valence-corrected chi connectivity index (χ1v) is 9.58. The van der Waals surface area contributed by atoms with Gasteiger partial charge >= 0.3 is 12.1 Å². The van der Waals surface area contributed by atoms with Gasteiger partial charge in [-0.05, 0) is 19.1 Å². The van der Waals surface area contributed by atoms with Crippen LogP contribution in [0.3, 0.4) is 0 Å². The van der Waals surface area contributed by atoms with Crippen LogP contribution in [0.25, 0.3) is 0 Å². The summed E-state index contributed by atoms with van der Waals surface area (Å²) in [5.74, 6) is -4.40. The third-order valence-electron chi connectivity index (χ3n) is 4.66. The topological polar surface area (TPSA) is 158 Å². The molecule has 178 valence electrons. The maximum atomic E-state index is 12.6. The van der Waals surface area contributed by atoms with Gasteiger partial charge in [0.2, 0.25) is 0 Å². The van der Waals surface area contributed by atoms with Crippen molar-refractivity contribution < 1.29 is 37.4 Å². The van der Waals surface area contributed by atoms with Crippen molar-refractivity contribution in [1.29, 1.82) is 5.41 Å². The molecule has 0 aliphatic carbocycles. The highest BCUT2D eigenvalue weighted by atomic mass is 19.4. The van der Waals surface area contributed by atoms with Gasteiger partial charge in [0.15, 0.2) is 0 Å². The first-order chi connectivity index (χ1) is 15.5. The van der Waals surface area contributed by atoms with Crippen LogP contribution in [-0.4, -0.2) is 78.3 Å². The Labute approximate surface area is 186 Å². The maximum absolute atomic E-state index is 12.6. The molecule has 2 rings (SSSR count). The zero-order chi connectivity index (χ0) is 24.8. The lowest BCUT2D eigenvalue weighted by Gasteiger charge is -2.35. The summed E-state index contributed by atoms with van der Waals surface area (Å²) in [4.78, 5) is 40.1. The number of carbonyl (C=O) groups excluding carboxylic acids is 3. The van der Waals surface area contributed by atoms with Crippen molar-refractivity contribution in [3.05, 3.63) is 46.7 Å². The van der Waals surface area contributed by atoms with Gasteiger partial charge in [-0.25, -0.2) is 0 Å². The van der Waals surface area contributed by atoms with Crippen molar-refractivity contribution in [3.8, 4) is 0 Å². The van der Waals surface area contributed by atoms with E-state index >= 15 is 0 Å². The highest BCUT2D eigenvalue weighted by molar-refractivity contribution is 6.11. The van der Waals surface area contributed by atoms with E-state index in [9.17, 15) is 32.7 Å². The Hall–Kier alpha value is -3.74. The number of hydrogen-bond donors (Lipinski definition) is 4. The van der Waals surface area contributed by atoms with E-state index in [-0.39, 0.29) is 48.8 Å². The number of alkyl halides is 3. The van der Waals surface area contributed by atoms with E-state index in [2.05, 4.69) is 10.3 Å². The summed E-state index contributed by atoms with van der Waals surface area (Å²) in [7, 11) is 0. The minimum atomic E-state index is -5.15. The summed E-state index contributed by atoms with van der Waals surface area (Å²) in [6.07, 6.45) is -4.39. The third-order valence-corrected chi connectivity index (χ3v) is 4.66. The standard InChI is InChI=1S/C20H22F3N5O5/c1-11(29)15(8-24)18(31)28-6-7-33-10-14(28)9-26-17(30)13-4-2-12(3-5-13)16(25)27-19(32)20(21,22)23/h2-5,8,14,24,29H,6-7,9-10H2,1H3,(H,26,30)(H2,25,27,32)/b15-11+,24-8?. The summed E-state index contributed by atoms with van der Waals surface area (Å²) >= 11 is 0. The zero-order valence-corrected chi connectivity index (χ0v) is 17.5. The van der Waals surface area contributed by atoms with Crippen LogP contribution >= 0.6 is 0 Å². The Bertz CT molecular complexity index is 985. The number of nitrogens with one attached hydrogen (secondary N) is 2. The van der Waals surface area contributed by atoms with Gasteiger partial charge in [0.1, 0.15) is 11.6 Å². The first kappa shape index (κ1) is 25.5. The molecule has 0 spiro atoms. The van der Waals surface area contributed by atoms with Crippen LogP contribution in [0.1, 0.15) is 22.8 Å². The Morgan fingerprint density at radius 2 is 1.91 bits per heavy atom. The number of benzene rings is 1. The fraction of sp³-hybridized carbons (Fsp3) is 0.350. The Kier molecular flexibility index (Phi) is 8.29. The minimum Gasteiger partial charge on any atom is -0.512 e. The number of carbonyl (C=O) groups is 3. The van der Waals surface area contributed by atoms with Crippen LogP contribution < -0.4 is 11.1 Å². The Morgan fingerprint density at radius 3 is 2.45 bits per heavy atom. The molecule has 0 radical (unpaired) electrons. The van der Waals surface area contributed by atoms with E-state index in [0.717, 1.165) is 6.21 Å². The highest BCUT2D eigenvalue weighted by Crippen LogP contribution is 2.17. The molecule has 1 aromatic rings. The summed E-state index contributed by atoms with van der Waals surface area (Å²) in [5.41, 5.74) is 5.41. The van der Waals surface area contributed by atoms with Crippen LogP contribution in [0.2, 0.25) is 0 Å². The molecular weight excluding hydrogens is 447 g/mol. The van der Waals surface area contributed by atoms with Crippen molar-refractivity contribution in [2.24, 2.45) is 10.7 Å². The lowest BCUT2D eigenvalue weighted by atomic mass is 10.1. The highest BCUT2D eigenvalue weighted by Gasteiger charge is 2.38. The number of ether oxygens (including phenoxy) is 1. The van der Waals surface area contributed by atoms with Gasteiger partial charge in [-0.3, -0.25) is 14.4 Å². The van der Waals surface area contributed by atoms with Crippen LogP contribution in [0.4, 0.5) is 13.2 Å². The number of hydrogen-bond acceptors (Lipinski definition) is 6. The number of allylic oxidation sites excluding steroid dienone is 1. The molecule has 0 saturated carbocycles. The van der Waals surface area contributed by atoms with Crippen molar-refractivity contribution in [2.45, 2.75) is 19.1 Å². The van der Waals surface area contributed by atoms with Gasteiger partial charge in [0, 0.05) is 30.4 Å². The van der Waals surface area contributed by atoms with Gasteiger partial charge in [0.05, 0.1) is 24.8 Å². The molecule has 1 aromatic carbocycles. The zero-order valence-electron chi connectivity index (χ0n) is 17.5. The average Bonchev–Trinajstić information content (AvgIpc) is 2.77. The molecule has 1 saturated heterocycles. The second kappa shape index (κ2) is 10.7. The number of aliphatic imine (C=N–C) groups is 1. The smallest absolute Gasteiger partial charge is 0.473 e. The molecule has 1 fully saturated rings. The molecule has 1 aliphatic heterocycles. The first-order valence-electron chi connectivity index (χ1n) is 9.58. The second-order valence-corrected chi connectivity index (χ2v) is 6.96. The van der Waals surface area contributed by atoms with E-state index in [0.29, 0.717) is 0 Å². The van der Waals surface area contributed by atoms with Gasteiger partial charge in [-0.2, -0.15) is 18.2 Å². The molecule has 10 nitrogen and oxygen atoms in total. The Balaban J connectivity index is 2.05. The lowest BCUT2D eigenvalue weighted by molar-refractivity contribution is -0.169. The molecule has 0 bridgehead atoms. The van der Waals surface area contributed by atoms with Gasteiger partial charge in [-0.15, -0.1) is 0 Å². The molecular formula is C20H22F3N5O5. The van der Waals surface area contributed by atoms with E-state index in [1.807, 2.05) is 0 Å². The number of amidine groups is 1. The van der Waals surface area contributed by atoms with E-state index in [1.165, 1.54) is 36.1 Å². The Morgan fingerprint density at radius 1 is 1.30 bits per heavy atom. The fourth-order valence-corrected chi connectivity index (χ4v) is 2.91. The predicted molar refractivity (Wildman–Crippen MR) is 111 cm³/mol. The predicted octanol–water partition coefficient (Wildman–Crippen LogP) is 0.920. The van der Waals surface area contributed by atoms with E-state index in [4.69, 9.17) is 15.9 Å². The molecule has 1 unspecified atom stereocenters. The molecule has 33 heavy (non-hydrogen) atoms. The molecule has 13 heteroatoms. The van der Waals surface area contributed by atoms with Crippen molar-refractivity contribution >= 4 is 29.8 Å². The van der Waals surface area contributed by atoms with Crippen molar-refractivity contribution in [1.82, 2.24) is 10.2 Å². The summed E-state index contributed by atoms with van der Waals surface area (Å²) < 4.78 is 42.2. The molecule has 1 heterocycles. The largest absolute Gasteiger partial charge is 0.512 e. The van der Waals surface area contributed by atoms with Crippen LogP contribution in [-0.2, 0) is 14.3 Å². The molecule has 3 amide bonds. The molecule has 0 aromatic heterocycles. The van der Waals surface area contributed by atoms with Gasteiger partial charge in [0.25, 0.3) is 11.8 Å². The van der Waals surface area contributed by atoms with Crippen LogP contribution in [0, 0.1) is 5.41 Å². The van der Waals surface area contributed by atoms with Crippen molar-refractivity contribution in [3.63, 3.8) is 0 Å². The average molecular weight is 469 g/mol. The number of aliphatic hydroxyl groups excluding tert-OH is 1. The van der Waals surface area contributed by atoms with Gasteiger partial charge < -0.3 is 31.2 Å². The van der Waals surface area contributed by atoms with Crippen LogP contribution in [0.15, 0.2) is 40.6 Å². The minimum absolute atomic E-state index is 0.00572. The number of morpholine rings is 1. The summed E-state index contributed by atoms with van der Waals surface area (Å²) in [6, 6.07) is 4.50. The summed E-state index contributed by atoms with van der Waals surface area (Å²) in [5, 5.41) is 19.6. The third kappa shape index (κ3) is 6.62. The number of nitrogens with zero attached hydrogens (tertiary/aromatic N) is 2. The van der Waals surface area contributed by atoms with E-state index in [1.54, 1.807) is 0 Å². The molecule has 1 atom stereocenters. The number of nitrogens with two attached hydrogens (primary N) is 1. The summed E-state index contributed by atoms with van der Waals surface area (Å²) in [6.45, 7) is 1.88. The fourth-order valence-electron chi connectivity index (χ4n) is 2.91.